The normalized spacial score (nSPS) is 13.1. The van der Waals surface area contributed by atoms with E-state index in [1.807, 2.05) is 11.8 Å². The third-order valence-corrected chi connectivity index (χ3v) is 4.02. The summed E-state index contributed by atoms with van der Waals surface area (Å²) < 4.78 is 0. The Morgan fingerprint density at radius 2 is 1.81 bits per heavy atom. The van der Waals surface area contributed by atoms with Gasteiger partial charge in [-0.1, -0.05) is 43.7 Å². The van der Waals surface area contributed by atoms with Crippen LogP contribution in [0.15, 0.2) is 24.3 Å². The van der Waals surface area contributed by atoms with Crippen LogP contribution >= 0.6 is 11.8 Å². The summed E-state index contributed by atoms with van der Waals surface area (Å²) in [5.41, 5.74) is 8.51. The molecule has 0 saturated carbocycles. The molecule has 1 rings (SSSR count). The Kier molecular flexibility index (Phi) is 5.93. The first-order chi connectivity index (χ1) is 7.63. The minimum Gasteiger partial charge on any atom is -0.329 e. The lowest BCUT2D eigenvalue weighted by atomic mass is 10.1. The van der Waals surface area contributed by atoms with Gasteiger partial charge in [0.15, 0.2) is 0 Å². The summed E-state index contributed by atoms with van der Waals surface area (Å²) in [6.07, 6.45) is 1.27. The standard InChI is InChI=1S/C14H23NS/c1-11(2)8-9-16-14(10-15)13-6-4-12(3)5-7-13/h4-7,11,14H,8-10,15H2,1-3H3. The van der Waals surface area contributed by atoms with Crippen LogP contribution in [0.1, 0.15) is 36.6 Å². The zero-order valence-corrected chi connectivity index (χ0v) is 11.4. The molecule has 2 heteroatoms. The summed E-state index contributed by atoms with van der Waals surface area (Å²) in [5.74, 6) is 1.98. The monoisotopic (exact) mass is 237 g/mol. The van der Waals surface area contributed by atoms with Crippen molar-refractivity contribution in [2.24, 2.45) is 11.7 Å². The molecule has 0 amide bonds. The molecule has 1 unspecified atom stereocenters. The van der Waals surface area contributed by atoms with Gasteiger partial charge in [0, 0.05) is 11.8 Å². The summed E-state index contributed by atoms with van der Waals surface area (Å²) in [6, 6.07) is 8.74. The van der Waals surface area contributed by atoms with E-state index < -0.39 is 0 Å². The number of aryl methyl sites for hydroxylation is 1. The molecule has 0 aliphatic heterocycles. The van der Waals surface area contributed by atoms with Crippen molar-refractivity contribution in [3.8, 4) is 0 Å². The van der Waals surface area contributed by atoms with Crippen LogP contribution in [-0.2, 0) is 0 Å². The van der Waals surface area contributed by atoms with E-state index in [0.717, 1.165) is 12.5 Å². The predicted octanol–water partition coefficient (Wildman–Crippen LogP) is 3.77. The van der Waals surface area contributed by atoms with Crippen LogP contribution in [0.5, 0.6) is 0 Å². The number of rotatable bonds is 6. The van der Waals surface area contributed by atoms with E-state index in [1.54, 1.807) is 0 Å². The lowest BCUT2D eigenvalue weighted by Crippen LogP contribution is -2.10. The molecule has 1 aromatic rings. The van der Waals surface area contributed by atoms with Crippen molar-refractivity contribution in [3.05, 3.63) is 35.4 Å². The molecule has 0 aromatic heterocycles. The van der Waals surface area contributed by atoms with E-state index in [9.17, 15) is 0 Å². The van der Waals surface area contributed by atoms with Crippen LogP contribution in [0.3, 0.4) is 0 Å². The predicted molar refractivity (Wildman–Crippen MR) is 74.9 cm³/mol. The van der Waals surface area contributed by atoms with Gasteiger partial charge in [-0.05, 0) is 30.6 Å². The number of hydrogen-bond acceptors (Lipinski definition) is 2. The Hall–Kier alpha value is -0.470. The highest BCUT2D eigenvalue weighted by molar-refractivity contribution is 7.99. The summed E-state index contributed by atoms with van der Waals surface area (Å²) >= 11 is 1.98. The molecule has 0 bridgehead atoms. The van der Waals surface area contributed by atoms with Gasteiger partial charge in [0.2, 0.25) is 0 Å². The molecule has 1 aromatic carbocycles. The van der Waals surface area contributed by atoms with Gasteiger partial charge < -0.3 is 5.73 Å². The van der Waals surface area contributed by atoms with E-state index >= 15 is 0 Å². The molecular formula is C14H23NS. The molecule has 0 fully saturated rings. The van der Waals surface area contributed by atoms with Gasteiger partial charge in [-0.3, -0.25) is 0 Å². The molecule has 16 heavy (non-hydrogen) atoms. The molecule has 1 nitrogen and oxygen atoms in total. The number of hydrogen-bond donors (Lipinski definition) is 1. The summed E-state index contributed by atoms with van der Waals surface area (Å²) in [6.45, 7) is 7.38. The van der Waals surface area contributed by atoms with Gasteiger partial charge in [-0.2, -0.15) is 11.8 Å². The minimum atomic E-state index is 0.458. The number of benzene rings is 1. The van der Waals surface area contributed by atoms with Crippen molar-refractivity contribution in [3.63, 3.8) is 0 Å². The number of thioether (sulfide) groups is 1. The van der Waals surface area contributed by atoms with Crippen molar-refractivity contribution in [2.45, 2.75) is 32.4 Å². The zero-order chi connectivity index (χ0) is 12.0. The van der Waals surface area contributed by atoms with E-state index in [1.165, 1.54) is 23.3 Å². The molecule has 0 spiro atoms. The molecule has 1 atom stereocenters. The molecule has 0 aliphatic carbocycles. The van der Waals surface area contributed by atoms with Crippen LogP contribution in [0.4, 0.5) is 0 Å². The van der Waals surface area contributed by atoms with Gasteiger partial charge >= 0.3 is 0 Å². The van der Waals surface area contributed by atoms with Gasteiger partial charge in [-0.25, -0.2) is 0 Å². The maximum Gasteiger partial charge on any atom is 0.0419 e. The van der Waals surface area contributed by atoms with E-state index in [0.29, 0.717) is 5.25 Å². The van der Waals surface area contributed by atoms with Crippen molar-refractivity contribution in [1.29, 1.82) is 0 Å². The quantitative estimate of drug-likeness (QED) is 0.815. The zero-order valence-electron chi connectivity index (χ0n) is 10.6. The fourth-order valence-electron chi connectivity index (χ4n) is 1.53. The third kappa shape index (κ3) is 4.58. The van der Waals surface area contributed by atoms with Gasteiger partial charge in [0.05, 0.1) is 0 Å². The van der Waals surface area contributed by atoms with Crippen molar-refractivity contribution < 1.29 is 0 Å². The second-order valence-electron chi connectivity index (χ2n) is 4.69. The second kappa shape index (κ2) is 6.97. The topological polar surface area (TPSA) is 26.0 Å². The molecule has 0 aliphatic rings. The Bertz CT molecular complexity index is 292. The van der Waals surface area contributed by atoms with Crippen LogP contribution in [0, 0.1) is 12.8 Å². The van der Waals surface area contributed by atoms with Crippen LogP contribution in [0.2, 0.25) is 0 Å². The Morgan fingerprint density at radius 1 is 1.19 bits per heavy atom. The summed E-state index contributed by atoms with van der Waals surface area (Å²) in [4.78, 5) is 0. The highest BCUT2D eigenvalue weighted by Gasteiger charge is 2.09. The average Bonchev–Trinajstić information content (AvgIpc) is 2.26. The number of nitrogens with two attached hydrogens (primary N) is 1. The second-order valence-corrected chi connectivity index (χ2v) is 6.00. The maximum absolute atomic E-state index is 5.84. The van der Waals surface area contributed by atoms with E-state index in [4.69, 9.17) is 5.73 Å². The Balaban J connectivity index is 2.50. The third-order valence-electron chi connectivity index (χ3n) is 2.68. The highest BCUT2D eigenvalue weighted by Crippen LogP contribution is 2.29. The smallest absolute Gasteiger partial charge is 0.0419 e. The molecule has 2 N–H and O–H groups in total. The first-order valence-corrected chi connectivity index (χ1v) is 7.06. The van der Waals surface area contributed by atoms with Crippen molar-refractivity contribution in [2.75, 3.05) is 12.3 Å². The first kappa shape index (κ1) is 13.6. The summed E-state index contributed by atoms with van der Waals surface area (Å²) in [7, 11) is 0. The summed E-state index contributed by atoms with van der Waals surface area (Å²) in [5, 5.41) is 0.458. The highest BCUT2D eigenvalue weighted by atomic mass is 32.2. The molecule has 0 heterocycles. The lowest BCUT2D eigenvalue weighted by molar-refractivity contribution is 0.631. The van der Waals surface area contributed by atoms with Crippen LogP contribution < -0.4 is 5.73 Å². The molecule has 0 radical (unpaired) electrons. The SMILES string of the molecule is Cc1ccc(C(CN)SCCC(C)C)cc1. The van der Waals surface area contributed by atoms with Crippen LogP contribution in [-0.4, -0.2) is 12.3 Å². The molecule has 0 saturated heterocycles. The Morgan fingerprint density at radius 3 is 2.31 bits per heavy atom. The lowest BCUT2D eigenvalue weighted by Gasteiger charge is -2.15. The van der Waals surface area contributed by atoms with Gasteiger partial charge in [-0.15, -0.1) is 0 Å². The van der Waals surface area contributed by atoms with Crippen molar-refractivity contribution in [1.82, 2.24) is 0 Å². The van der Waals surface area contributed by atoms with Gasteiger partial charge in [0.1, 0.15) is 0 Å². The fraction of sp³-hybridized carbons (Fsp3) is 0.571. The fourth-order valence-corrected chi connectivity index (χ4v) is 2.91. The Labute approximate surface area is 104 Å². The molecule has 90 valence electrons. The van der Waals surface area contributed by atoms with Crippen LogP contribution in [0.25, 0.3) is 0 Å². The largest absolute Gasteiger partial charge is 0.329 e. The maximum atomic E-state index is 5.84. The average molecular weight is 237 g/mol. The minimum absolute atomic E-state index is 0.458. The van der Waals surface area contributed by atoms with Gasteiger partial charge in [0.25, 0.3) is 0 Å². The molecular weight excluding hydrogens is 214 g/mol. The van der Waals surface area contributed by atoms with E-state index in [2.05, 4.69) is 45.0 Å². The first-order valence-electron chi connectivity index (χ1n) is 6.01. The van der Waals surface area contributed by atoms with E-state index in [-0.39, 0.29) is 0 Å². The van der Waals surface area contributed by atoms with Crippen molar-refractivity contribution >= 4 is 11.8 Å².